The van der Waals surface area contributed by atoms with Crippen molar-refractivity contribution in [3.8, 4) is 11.3 Å². The summed E-state index contributed by atoms with van der Waals surface area (Å²) >= 11 is 0. The van der Waals surface area contributed by atoms with Gasteiger partial charge in [-0.1, -0.05) is 36.4 Å². The Bertz CT molecular complexity index is 1070. The number of piperidine rings is 1. The molecule has 154 valence electrons. The fraction of sp³-hybridized carbons (Fsp3) is 0.292. The third-order valence-corrected chi connectivity index (χ3v) is 5.41. The average molecular weight is 403 g/mol. The van der Waals surface area contributed by atoms with Crippen LogP contribution in [0, 0.1) is 0 Å². The molecule has 6 heteroatoms. The van der Waals surface area contributed by atoms with Crippen LogP contribution in [0.25, 0.3) is 22.9 Å². The molecule has 2 aromatic heterocycles. The first-order valence-corrected chi connectivity index (χ1v) is 10.3. The number of pyridine rings is 1. The van der Waals surface area contributed by atoms with E-state index < -0.39 is 0 Å². The lowest BCUT2D eigenvalue weighted by Crippen LogP contribution is -2.45. The number of carbonyl (C=O) groups excluding carboxylic acids is 2. The molecule has 0 bridgehead atoms. The van der Waals surface area contributed by atoms with E-state index in [0.29, 0.717) is 6.54 Å². The Hall–Kier alpha value is -3.41. The van der Waals surface area contributed by atoms with E-state index in [1.54, 1.807) is 6.08 Å². The Labute approximate surface area is 175 Å². The van der Waals surface area contributed by atoms with Crippen molar-refractivity contribution in [2.75, 3.05) is 13.2 Å². The Morgan fingerprint density at radius 1 is 1.13 bits per heavy atom. The van der Waals surface area contributed by atoms with Crippen LogP contribution in [0.3, 0.4) is 0 Å². The second kappa shape index (κ2) is 8.95. The maximum absolute atomic E-state index is 13.0. The van der Waals surface area contributed by atoms with Gasteiger partial charge < -0.3 is 9.64 Å². The number of ether oxygens (including phenoxy) is 1. The summed E-state index contributed by atoms with van der Waals surface area (Å²) in [5, 5.41) is 4.72. The number of hydrogen-bond acceptors (Lipinski definition) is 4. The summed E-state index contributed by atoms with van der Waals surface area (Å²) in [7, 11) is 0. The molecule has 3 heterocycles. The zero-order valence-corrected chi connectivity index (χ0v) is 17.0. The first-order chi connectivity index (χ1) is 14.6. The molecule has 1 saturated heterocycles. The molecule has 6 nitrogen and oxygen atoms in total. The predicted molar refractivity (Wildman–Crippen MR) is 116 cm³/mol. The van der Waals surface area contributed by atoms with Crippen LogP contribution in [0.2, 0.25) is 0 Å². The first kappa shape index (κ1) is 19.9. The van der Waals surface area contributed by atoms with Crippen LogP contribution in [0.15, 0.2) is 60.8 Å². The molecular weight excluding hydrogens is 378 g/mol. The molecule has 1 aromatic carbocycles. The summed E-state index contributed by atoms with van der Waals surface area (Å²) < 4.78 is 7.01. The van der Waals surface area contributed by atoms with Gasteiger partial charge >= 0.3 is 5.97 Å². The van der Waals surface area contributed by atoms with Gasteiger partial charge in [0.2, 0.25) is 5.91 Å². The van der Waals surface area contributed by atoms with E-state index in [-0.39, 0.29) is 24.5 Å². The summed E-state index contributed by atoms with van der Waals surface area (Å²) in [6.07, 6.45) is 8.21. The van der Waals surface area contributed by atoms with E-state index in [2.05, 4.69) is 0 Å². The van der Waals surface area contributed by atoms with E-state index in [1.165, 1.54) is 6.92 Å². The van der Waals surface area contributed by atoms with Crippen molar-refractivity contribution < 1.29 is 14.3 Å². The molecule has 0 radical (unpaired) electrons. The molecule has 30 heavy (non-hydrogen) atoms. The standard InChI is InChI=1S/C24H25N3O3/c1-18(28)30-17-20-11-5-7-15-26(20)23(29)14-13-21-22-12-6-8-16-27(22)25-24(21)19-9-3-2-4-10-19/h2-4,6,8-10,12-14,16,20H,5,7,11,15,17H2,1H3. The van der Waals surface area contributed by atoms with Gasteiger partial charge in [0.1, 0.15) is 12.3 Å². The van der Waals surface area contributed by atoms with E-state index in [1.807, 2.05) is 70.2 Å². The molecule has 1 unspecified atom stereocenters. The van der Waals surface area contributed by atoms with Crippen LogP contribution in [-0.2, 0) is 14.3 Å². The number of rotatable bonds is 5. The monoisotopic (exact) mass is 403 g/mol. The lowest BCUT2D eigenvalue weighted by molar-refractivity contribution is -0.146. The number of carbonyl (C=O) groups is 2. The zero-order chi connectivity index (χ0) is 20.9. The van der Waals surface area contributed by atoms with Gasteiger partial charge in [-0.2, -0.15) is 5.10 Å². The predicted octanol–water partition coefficient (Wildman–Crippen LogP) is 3.96. The molecule has 1 fully saturated rings. The first-order valence-electron chi connectivity index (χ1n) is 10.3. The Kier molecular flexibility index (Phi) is 5.93. The summed E-state index contributed by atoms with van der Waals surface area (Å²) in [5.41, 5.74) is 3.68. The summed E-state index contributed by atoms with van der Waals surface area (Å²) in [6, 6.07) is 15.8. The van der Waals surface area contributed by atoms with Gasteiger partial charge in [0.25, 0.3) is 0 Å². The lowest BCUT2D eigenvalue weighted by Gasteiger charge is -2.34. The van der Waals surface area contributed by atoms with E-state index >= 15 is 0 Å². The van der Waals surface area contributed by atoms with Crippen molar-refractivity contribution in [1.82, 2.24) is 14.5 Å². The number of nitrogens with zero attached hydrogens (tertiary/aromatic N) is 3. The molecule has 1 aliphatic heterocycles. The summed E-state index contributed by atoms with van der Waals surface area (Å²) in [4.78, 5) is 26.0. The highest BCUT2D eigenvalue weighted by Crippen LogP contribution is 2.27. The van der Waals surface area contributed by atoms with Gasteiger partial charge in [-0.05, 0) is 37.5 Å². The minimum atomic E-state index is -0.317. The Morgan fingerprint density at radius 3 is 2.73 bits per heavy atom. The van der Waals surface area contributed by atoms with E-state index in [0.717, 1.165) is 41.6 Å². The lowest BCUT2D eigenvalue weighted by atomic mass is 10.0. The molecule has 0 aliphatic carbocycles. The largest absolute Gasteiger partial charge is 0.464 e. The number of aromatic nitrogens is 2. The SMILES string of the molecule is CC(=O)OCC1CCCCN1C(=O)C=Cc1c(-c2ccccc2)nn2ccccc12. The van der Waals surface area contributed by atoms with Gasteiger partial charge in [0.15, 0.2) is 0 Å². The Morgan fingerprint density at radius 2 is 1.93 bits per heavy atom. The number of benzene rings is 1. The average Bonchev–Trinajstić information content (AvgIpc) is 3.15. The van der Waals surface area contributed by atoms with Crippen molar-refractivity contribution in [3.63, 3.8) is 0 Å². The fourth-order valence-electron chi connectivity index (χ4n) is 3.92. The third-order valence-electron chi connectivity index (χ3n) is 5.41. The maximum atomic E-state index is 13.0. The number of amides is 1. The van der Waals surface area contributed by atoms with Gasteiger partial charge in [0.05, 0.1) is 11.6 Å². The number of hydrogen-bond donors (Lipinski definition) is 0. The van der Waals surface area contributed by atoms with Crippen LogP contribution in [0.5, 0.6) is 0 Å². The van der Waals surface area contributed by atoms with Crippen LogP contribution in [0.1, 0.15) is 31.7 Å². The highest BCUT2D eigenvalue weighted by atomic mass is 16.5. The van der Waals surface area contributed by atoms with Crippen LogP contribution >= 0.6 is 0 Å². The number of fused-ring (bicyclic) bond motifs is 1. The van der Waals surface area contributed by atoms with Crippen molar-refractivity contribution in [3.05, 3.63) is 66.4 Å². The molecule has 0 saturated carbocycles. The fourth-order valence-corrected chi connectivity index (χ4v) is 3.92. The summed E-state index contributed by atoms with van der Waals surface area (Å²) in [6.45, 7) is 2.32. The van der Waals surface area contributed by atoms with Crippen LogP contribution in [0.4, 0.5) is 0 Å². The highest BCUT2D eigenvalue weighted by molar-refractivity contribution is 5.95. The zero-order valence-electron chi connectivity index (χ0n) is 17.0. The molecule has 3 aromatic rings. The van der Waals surface area contributed by atoms with Crippen molar-refractivity contribution >= 4 is 23.5 Å². The molecule has 1 amide bonds. The summed E-state index contributed by atoms with van der Waals surface area (Å²) in [5.74, 6) is -0.386. The molecular formula is C24H25N3O3. The Balaban J connectivity index is 1.63. The van der Waals surface area contributed by atoms with Gasteiger partial charge in [-0.3, -0.25) is 9.59 Å². The minimum absolute atomic E-state index is 0.0684. The highest BCUT2D eigenvalue weighted by Gasteiger charge is 2.26. The molecule has 1 aliphatic rings. The van der Waals surface area contributed by atoms with Crippen molar-refractivity contribution in [2.24, 2.45) is 0 Å². The van der Waals surface area contributed by atoms with Gasteiger partial charge in [-0.15, -0.1) is 0 Å². The molecule has 0 N–H and O–H groups in total. The van der Waals surface area contributed by atoms with Gasteiger partial charge in [-0.25, -0.2) is 4.52 Å². The van der Waals surface area contributed by atoms with Crippen LogP contribution < -0.4 is 0 Å². The maximum Gasteiger partial charge on any atom is 0.302 e. The number of likely N-dealkylation sites (tertiary alicyclic amines) is 1. The second-order valence-corrected chi connectivity index (χ2v) is 7.48. The molecule has 1 atom stereocenters. The molecule has 4 rings (SSSR count). The molecule has 0 spiro atoms. The smallest absolute Gasteiger partial charge is 0.302 e. The van der Waals surface area contributed by atoms with Crippen LogP contribution in [-0.4, -0.2) is 45.6 Å². The second-order valence-electron chi connectivity index (χ2n) is 7.48. The number of esters is 1. The van der Waals surface area contributed by atoms with Crippen molar-refractivity contribution in [2.45, 2.75) is 32.2 Å². The van der Waals surface area contributed by atoms with E-state index in [9.17, 15) is 9.59 Å². The topological polar surface area (TPSA) is 63.9 Å². The normalized spacial score (nSPS) is 16.8. The third kappa shape index (κ3) is 4.27. The minimum Gasteiger partial charge on any atom is -0.464 e. The van der Waals surface area contributed by atoms with Gasteiger partial charge in [0, 0.05) is 36.9 Å². The van der Waals surface area contributed by atoms with E-state index in [4.69, 9.17) is 9.84 Å². The quantitative estimate of drug-likeness (QED) is 0.478. The van der Waals surface area contributed by atoms with Crippen molar-refractivity contribution in [1.29, 1.82) is 0 Å².